The Morgan fingerprint density at radius 1 is 1.40 bits per heavy atom. The monoisotopic (exact) mass is 252 g/mol. The molecule has 0 radical (unpaired) electrons. The molecule has 0 saturated carbocycles. The summed E-state index contributed by atoms with van der Waals surface area (Å²) in [5, 5.41) is -5.11. The quantitative estimate of drug-likeness (QED) is 0.333. The first-order valence-electron chi connectivity index (χ1n) is 3.62. The summed E-state index contributed by atoms with van der Waals surface area (Å²) in [6.07, 6.45) is -0.375. The van der Waals surface area contributed by atoms with Crippen molar-refractivity contribution in [2.75, 3.05) is 6.61 Å². The van der Waals surface area contributed by atoms with Crippen LogP contribution < -0.4 is 0 Å². The summed E-state index contributed by atoms with van der Waals surface area (Å²) in [5.41, 5.74) is 0. The van der Waals surface area contributed by atoms with Crippen molar-refractivity contribution in [3.8, 4) is 0 Å². The van der Waals surface area contributed by atoms with E-state index in [0.29, 0.717) is 0 Å². The Morgan fingerprint density at radius 2 is 1.87 bits per heavy atom. The molecule has 0 bridgehead atoms. The van der Waals surface area contributed by atoms with Gasteiger partial charge >= 0.3 is 17.3 Å². The van der Waals surface area contributed by atoms with Crippen molar-refractivity contribution in [1.82, 2.24) is 0 Å². The third-order valence-corrected chi connectivity index (χ3v) is 1.42. The highest BCUT2D eigenvalue weighted by atomic mass is 35.5. The number of esters is 1. The fourth-order valence-electron chi connectivity index (χ4n) is 0.513. The molecule has 0 amide bonds. The van der Waals surface area contributed by atoms with Crippen molar-refractivity contribution in [3.05, 3.63) is 11.9 Å². The van der Waals surface area contributed by atoms with Crippen molar-refractivity contribution in [2.24, 2.45) is 0 Å². The van der Waals surface area contributed by atoms with Crippen LogP contribution in [0.4, 0.5) is 22.0 Å². The fraction of sp³-hybridized carbons (Fsp3) is 0.571. The Bertz CT molecular complexity index is 271. The molecule has 0 atom stereocenters. The number of alkyl halides is 5. The predicted octanol–water partition coefficient (Wildman–Crippen LogP) is 2.87. The summed E-state index contributed by atoms with van der Waals surface area (Å²) in [4.78, 5) is 10.5. The minimum absolute atomic E-state index is 0.203. The van der Waals surface area contributed by atoms with E-state index in [-0.39, 0.29) is 12.7 Å². The van der Waals surface area contributed by atoms with Crippen LogP contribution in [0.1, 0.15) is 6.92 Å². The van der Waals surface area contributed by atoms with E-state index in [4.69, 9.17) is 0 Å². The van der Waals surface area contributed by atoms with Gasteiger partial charge in [0.25, 0.3) is 0 Å². The van der Waals surface area contributed by atoms with Crippen LogP contribution in [0.15, 0.2) is 11.9 Å². The molecule has 0 unspecified atom stereocenters. The van der Waals surface area contributed by atoms with Gasteiger partial charge in [0.15, 0.2) is 5.83 Å². The molecule has 0 aromatic heterocycles. The summed E-state index contributed by atoms with van der Waals surface area (Å²) >= 11 is 3.96. The molecule has 0 aliphatic rings. The van der Waals surface area contributed by atoms with Gasteiger partial charge in [-0.25, -0.2) is 9.18 Å². The lowest BCUT2D eigenvalue weighted by Gasteiger charge is -2.18. The summed E-state index contributed by atoms with van der Waals surface area (Å²) in [6.45, 7) is 1.13. The van der Waals surface area contributed by atoms with Gasteiger partial charge in [-0.15, -0.1) is 0 Å². The minimum atomic E-state index is -5.25. The number of carbonyl (C=O) groups excluding carboxylic acids is 1. The first-order valence-corrected chi connectivity index (χ1v) is 3.99. The van der Waals surface area contributed by atoms with E-state index < -0.39 is 23.1 Å². The van der Waals surface area contributed by atoms with E-state index in [2.05, 4.69) is 16.3 Å². The number of carbonyl (C=O) groups is 1. The van der Waals surface area contributed by atoms with Gasteiger partial charge in [0.05, 0.1) is 12.7 Å². The van der Waals surface area contributed by atoms with Crippen molar-refractivity contribution < 1.29 is 31.5 Å². The minimum Gasteiger partial charge on any atom is -0.463 e. The van der Waals surface area contributed by atoms with Crippen LogP contribution in [0, 0.1) is 0 Å². The van der Waals surface area contributed by atoms with Crippen molar-refractivity contribution >= 4 is 17.6 Å². The van der Waals surface area contributed by atoms with E-state index in [9.17, 15) is 26.7 Å². The Hall–Kier alpha value is -0.850. The molecule has 8 heteroatoms. The third-order valence-electron chi connectivity index (χ3n) is 1.19. The number of halogens is 6. The SMILES string of the molecule is CCOC(=O)C=C(F)C(F)(F)C(F)(F)Cl. The van der Waals surface area contributed by atoms with Crippen molar-refractivity contribution in [3.63, 3.8) is 0 Å². The molecule has 0 saturated heterocycles. The second-order valence-corrected chi connectivity index (χ2v) is 2.79. The van der Waals surface area contributed by atoms with Gasteiger partial charge in [-0.05, 0) is 18.5 Å². The average molecular weight is 253 g/mol. The molecule has 15 heavy (non-hydrogen) atoms. The van der Waals surface area contributed by atoms with Crippen LogP contribution in [-0.2, 0) is 9.53 Å². The lowest BCUT2D eigenvalue weighted by atomic mass is 10.3. The van der Waals surface area contributed by atoms with E-state index >= 15 is 0 Å². The van der Waals surface area contributed by atoms with Gasteiger partial charge in [0.1, 0.15) is 0 Å². The lowest BCUT2D eigenvalue weighted by molar-refractivity contribution is -0.145. The van der Waals surface area contributed by atoms with Crippen molar-refractivity contribution in [2.45, 2.75) is 18.2 Å². The van der Waals surface area contributed by atoms with Crippen LogP contribution in [0.2, 0.25) is 0 Å². The topological polar surface area (TPSA) is 26.3 Å². The van der Waals surface area contributed by atoms with Crippen LogP contribution in [0.25, 0.3) is 0 Å². The normalized spacial score (nSPS) is 13.9. The average Bonchev–Trinajstić information content (AvgIpc) is 2.02. The Kier molecular flexibility index (Phi) is 4.51. The maximum Gasteiger partial charge on any atom is 0.390 e. The Balaban J connectivity index is 4.84. The van der Waals surface area contributed by atoms with E-state index in [1.165, 1.54) is 6.92 Å². The maximum atomic E-state index is 12.5. The van der Waals surface area contributed by atoms with Crippen LogP contribution in [-0.4, -0.2) is 23.9 Å². The molecule has 0 fully saturated rings. The predicted molar refractivity (Wildman–Crippen MR) is 41.6 cm³/mol. The Labute approximate surface area is 86.6 Å². The first kappa shape index (κ1) is 14.2. The molecule has 2 nitrogen and oxygen atoms in total. The molecular weight excluding hydrogens is 247 g/mol. The third kappa shape index (κ3) is 3.65. The number of allylic oxidation sites excluding steroid dienone is 1. The summed E-state index contributed by atoms with van der Waals surface area (Å²) in [7, 11) is 0. The molecule has 0 rings (SSSR count). The van der Waals surface area contributed by atoms with Crippen LogP contribution in [0.5, 0.6) is 0 Å². The van der Waals surface area contributed by atoms with Crippen molar-refractivity contribution in [1.29, 1.82) is 0 Å². The second kappa shape index (κ2) is 4.78. The highest BCUT2D eigenvalue weighted by Crippen LogP contribution is 2.43. The molecule has 0 aromatic rings. The molecule has 88 valence electrons. The zero-order chi connectivity index (χ0) is 12.3. The van der Waals surface area contributed by atoms with Gasteiger partial charge in [0.2, 0.25) is 0 Å². The number of ether oxygens (including phenoxy) is 1. The van der Waals surface area contributed by atoms with E-state index in [0.717, 1.165) is 0 Å². The molecule has 0 heterocycles. The highest BCUT2D eigenvalue weighted by molar-refractivity contribution is 6.22. The number of rotatable bonds is 4. The summed E-state index contributed by atoms with van der Waals surface area (Å²) in [5.74, 6) is -9.39. The zero-order valence-corrected chi connectivity index (χ0v) is 8.12. The van der Waals surface area contributed by atoms with Crippen LogP contribution >= 0.6 is 11.6 Å². The lowest BCUT2D eigenvalue weighted by Crippen LogP contribution is -2.36. The van der Waals surface area contributed by atoms with Gasteiger partial charge in [-0.3, -0.25) is 0 Å². The summed E-state index contributed by atoms with van der Waals surface area (Å²) in [6, 6.07) is 0. The van der Waals surface area contributed by atoms with Gasteiger partial charge in [0, 0.05) is 0 Å². The van der Waals surface area contributed by atoms with Gasteiger partial charge < -0.3 is 4.74 Å². The van der Waals surface area contributed by atoms with Gasteiger partial charge in [-0.2, -0.15) is 17.6 Å². The molecular formula is C7H6ClF5O2. The smallest absolute Gasteiger partial charge is 0.390 e. The largest absolute Gasteiger partial charge is 0.463 e. The Morgan fingerprint density at radius 3 is 2.20 bits per heavy atom. The first-order chi connectivity index (χ1) is 6.63. The summed E-state index contributed by atoms with van der Waals surface area (Å²) < 4.78 is 65.3. The van der Waals surface area contributed by atoms with E-state index in [1.807, 2.05) is 0 Å². The molecule has 0 aliphatic carbocycles. The number of hydrogen-bond acceptors (Lipinski definition) is 2. The highest BCUT2D eigenvalue weighted by Gasteiger charge is 2.59. The second-order valence-electron chi connectivity index (χ2n) is 2.32. The molecule has 0 spiro atoms. The number of hydrogen-bond donors (Lipinski definition) is 0. The molecule has 0 aromatic carbocycles. The van der Waals surface area contributed by atoms with Gasteiger partial charge in [-0.1, -0.05) is 0 Å². The maximum absolute atomic E-state index is 12.5. The fourth-order valence-corrected chi connectivity index (χ4v) is 0.604. The van der Waals surface area contributed by atoms with Crippen LogP contribution in [0.3, 0.4) is 0 Å². The molecule has 0 N–H and O–H groups in total. The van der Waals surface area contributed by atoms with E-state index in [1.54, 1.807) is 0 Å². The molecule has 0 aliphatic heterocycles. The standard InChI is InChI=1S/C7H6ClF5O2/c1-2-15-5(14)3-4(9)6(10,11)7(8,12)13/h3H,2H2,1H3. The zero-order valence-electron chi connectivity index (χ0n) is 7.37.